The minimum Gasteiger partial charge on any atom is -0.301 e. The molecule has 0 aliphatic carbocycles. The Bertz CT molecular complexity index is 696. The zero-order valence-electron chi connectivity index (χ0n) is 17.7. The van der Waals surface area contributed by atoms with Gasteiger partial charge in [0.1, 0.15) is 12.2 Å². The van der Waals surface area contributed by atoms with Crippen molar-refractivity contribution in [2.75, 3.05) is 7.05 Å². The minimum atomic E-state index is 0.796. The molecule has 3 aromatic carbocycles. The van der Waals surface area contributed by atoms with E-state index in [0.717, 1.165) is 11.6 Å². The van der Waals surface area contributed by atoms with E-state index in [1.165, 1.54) is 21.7 Å². The van der Waals surface area contributed by atoms with Crippen molar-refractivity contribution in [1.82, 2.24) is 0 Å². The standard InChI is InChI=1S/C14H14ClN.C7H8.2C2H6/c1-16(11-12-6-3-2-4-7-12)14-9-5-8-13(15)10-14;1-7-5-3-2-4-6-7;2*1-2/h2-10H,11H2,1H3;2-6H,1H3;2*1-2H3/p+1. The van der Waals surface area contributed by atoms with Crippen LogP contribution in [0.15, 0.2) is 84.9 Å². The van der Waals surface area contributed by atoms with Gasteiger partial charge in [0, 0.05) is 16.7 Å². The molecule has 0 saturated heterocycles. The van der Waals surface area contributed by atoms with Crippen molar-refractivity contribution in [1.29, 1.82) is 0 Å². The molecular formula is C25H35ClN+. The second-order valence-corrected chi connectivity index (χ2v) is 6.04. The molecule has 0 heterocycles. The van der Waals surface area contributed by atoms with Crippen molar-refractivity contribution in [3.05, 3.63) is 101 Å². The normalized spacial score (nSPS) is 10.0. The first kappa shape index (κ1) is 24.9. The number of hydrogen-bond acceptors (Lipinski definition) is 0. The van der Waals surface area contributed by atoms with E-state index >= 15 is 0 Å². The van der Waals surface area contributed by atoms with E-state index in [0.29, 0.717) is 0 Å². The summed E-state index contributed by atoms with van der Waals surface area (Å²) in [5.41, 5.74) is 3.87. The highest BCUT2D eigenvalue weighted by atomic mass is 35.5. The van der Waals surface area contributed by atoms with E-state index < -0.39 is 0 Å². The SMILES string of the molecule is CC.CC.C[NH+](Cc1ccccc1)c1cccc(Cl)c1.Cc1ccccc1. The van der Waals surface area contributed by atoms with Gasteiger partial charge in [-0.3, -0.25) is 0 Å². The predicted molar refractivity (Wildman–Crippen MR) is 122 cm³/mol. The Morgan fingerprint density at radius 3 is 1.67 bits per heavy atom. The molecule has 0 aliphatic heterocycles. The number of hydrogen-bond donors (Lipinski definition) is 1. The van der Waals surface area contributed by atoms with Crippen LogP contribution in [0.25, 0.3) is 0 Å². The Balaban J connectivity index is 0.000000514. The molecule has 0 fully saturated rings. The molecule has 0 bridgehead atoms. The summed E-state index contributed by atoms with van der Waals surface area (Å²) in [4.78, 5) is 1.34. The van der Waals surface area contributed by atoms with Crippen LogP contribution in [0.5, 0.6) is 0 Å². The molecule has 0 spiro atoms. The summed E-state index contributed by atoms with van der Waals surface area (Å²) in [6.45, 7) is 11.1. The lowest BCUT2D eigenvalue weighted by molar-refractivity contribution is -0.825. The van der Waals surface area contributed by atoms with Gasteiger partial charge < -0.3 is 4.90 Å². The monoisotopic (exact) mass is 384 g/mol. The fraction of sp³-hybridized carbons (Fsp3) is 0.280. The van der Waals surface area contributed by atoms with Crippen LogP contribution in [0, 0.1) is 6.92 Å². The van der Waals surface area contributed by atoms with Gasteiger partial charge in [-0.25, -0.2) is 0 Å². The molecule has 0 aliphatic rings. The number of halogens is 1. The van der Waals surface area contributed by atoms with Crippen molar-refractivity contribution in [2.24, 2.45) is 0 Å². The Labute approximate surface area is 171 Å². The molecule has 0 radical (unpaired) electrons. The van der Waals surface area contributed by atoms with Crippen molar-refractivity contribution < 1.29 is 4.90 Å². The maximum Gasteiger partial charge on any atom is 0.132 e. The molecular weight excluding hydrogens is 350 g/mol. The number of rotatable bonds is 3. The summed E-state index contributed by atoms with van der Waals surface area (Å²) < 4.78 is 0. The molecule has 0 aromatic heterocycles. The molecule has 1 N–H and O–H groups in total. The Hall–Kier alpha value is -2.09. The Morgan fingerprint density at radius 2 is 1.22 bits per heavy atom. The van der Waals surface area contributed by atoms with E-state index in [9.17, 15) is 0 Å². The summed E-state index contributed by atoms with van der Waals surface area (Å²) >= 11 is 5.98. The zero-order chi connectivity index (χ0) is 20.5. The molecule has 3 rings (SSSR count). The molecule has 1 unspecified atom stereocenters. The lowest BCUT2D eigenvalue weighted by atomic mass is 10.2. The largest absolute Gasteiger partial charge is 0.301 e. The molecule has 1 atom stereocenters. The lowest BCUT2D eigenvalue weighted by Crippen LogP contribution is -3.02. The highest BCUT2D eigenvalue weighted by Gasteiger charge is 2.07. The maximum atomic E-state index is 5.98. The summed E-state index contributed by atoms with van der Waals surface area (Å²) in [5, 5.41) is 0.796. The van der Waals surface area contributed by atoms with Crippen molar-refractivity contribution in [2.45, 2.75) is 41.2 Å². The first-order valence-electron chi connectivity index (χ1n) is 9.79. The molecule has 1 nitrogen and oxygen atoms in total. The summed E-state index contributed by atoms with van der Waals surface area (Å²) in [6, 6.07) is 28.7. The third kappa shape index (κ3) is 11.3. The lowest BCUT2D eigenvalue weighted by Gasteiger charge is -2.13. The number of benzene rings is 3. The van der Waals surface area contributed by atoms with Crippen molar-refractivity contribution in [3.63, 3.8) is 0 Å². The molecule has 0 saturated carbocycles. The van der Waals surface area contributed by atoms with Gasteiger partial charge in [0.05, 0.1) is 7.05 Å². The van der Waals surface area contributed by atoms with Crippen LogP contribution in [0.2, 0.25) is 5.02 Å². The van der Waals surface area contributed by atoms with Crippen LogP contribution in [0.4, 0.5) is 5.69 Å². The van der Waals surface area contributed by atoms with Gasteiger partial charge in [0.15, 0.2) is 0 Å². The molecule has 3 aromatic rings. The van der Waals surface area contributed by atoms with Crippen LogP contribution in [-0.2, 0) is 6.54 Å². The number of nitrogens with one attached hydrogen (secondary N) is 1. The van der Waals surface area contributed by atoms with Crippen LogP contribution in [-0.4, -0.2) is 7.05 Å². The zero-order valence-corrected chi connectivity index (χ0v) is 18.4. The smallest absolute Gasteiger partial charge is 0.132 e. The van der Waals surface area contributed by atoms with E-state index in [2.05, 4.69) is 56.4 Å². The van der Waals surface area contributed by atoms with Gasteiger partial charge in [-0.1, -0.05) is 112 Å². The number of quaternary nitrogens is 1. The van der Waals surface area contributed by atoms with Gasteiger partial charge >= 0.3 is 0 Å². The third-order valence-electron chi connectivity index (χ3n) is 3.57. The van der Waals surface area contributed by atoms with Gasteiger partial charge in [-0.2, -0.15) is 0 Å². The van der Waals surface area contributed by atoms with E-state index in [-0.39, 0.29) is 0 Å². The summed E-state index contributed by atoms with van der Waals surface area (Å²) in [7, 11) is 2.15. The van der Waals surface area contributed by atoms with Gasteiger partial charge in [-0.05, 0) is 19.1 Å². The molecule has 2 heteroatoms. The maximum absolute atomic E-state index is 5.98. The molecule has 0 amide bonds. The number of aryl methyl sites for hydroxylation is 1. The first-order chi connectivity index (χ1) is 13.1. The Morgan fingerprint density at radius 1 is 0.704 bits per heavy atom. The second kappa shape index (κ2) is 16.1. The van der Waals surface area contributed by atoms with Crippen LogP contribution >= 0.6 is 11.6 Å². The fourth-order valence-corrected chi connectivity index (χ4v) is 2.48. The van der Waals surface area contributed by atoms with E-state index in [1.807, 2.05) is 70.2 Å². The first-order valence-corrected chi connectivity index (χ1v) is 10.2. The minimum absolute atomic E-state index is 0.796. The van der Waals surface area contributed by atoms with Crippen LogP contribution in [0.1, 0.15) is 38.8 Å². The van der Waals surface area contributed by atoms with Gasteiger partial charge in [-0.15, -0.1) is 0 Å². The highest BCUT2D eigenvalue weighted by Crippen LogP contribution is 2.11. The third-order valence-corrected chi connectivity index (χ3v) is 3.81. The summed E-state index contributed by atoms with van der Waals surface area (Å²) in [5.74, 6) is 0. The Kier molecular flexibility index (Phi) is 14.9. The van der Waals surface area contributed by atoms with Gasteiger partial charge in [0.2, 0.25) is 0 Å². The highest BCUT2D eigenvalue weighted by molar-refractivity contribution is 6.30. The quantitative estimate of drug-likeness (QED) is 0.510. The van der Waals surface area contributed by atoms with Crippen LogP contribution < -0.4 is 4.90 Å². The summed E-state index contributed by atoms with van der Waals surface area (Å²) in [6.07, 6.45) is 0. The van der Waals surface area contributed by atoms with Crippen molar-refractivity contribution in [3.8, 4) is 0 Å². The fourth-order valence-electron chi connectivity index (χ4n) is 2.29. The average Bonchev–Trinajstić information content (AvgIpc) is 2.73. The van der Waals surface area contributed by atoms with E-state index in [1.54, 1.807) is 0 Å². The second-order valence-electron chi connectivity index (χ2n) is 5.61. The van der Waals surface area contributed by atoms with Gasteiger partial charge in [0.25, 0.3) is 0 Å². The molecule has 146 valence electrons. The average molecular weight is 385 g/mol. The van der Waals surface area contributed by atoms with E-state index in [4.69, 9.17) is 11.6 Å². The van der Waals surface area contributed by atoms with Crippen molar-refractivity contribution >= 4 is 17.3 Å². The topological polar surface area (TPSA) is 4.44 Å². The molecule has 27 heavy (non-hydrogen) atoms. The van der Waals surface area contributed by atoms with Crippen LogP contribution in [0.3, 0.4) is 0 Å². The predicted octanol–water partition coefficient (Wildman–Crippen LogP) is 6.73.